The van der Waals surface area contributed by atoms with Gasteiger partial charge in [0, 0.05) is 43.5 Å². The lowest BCUT2D eigenvalue weighted by Crippen LogP contribution is -2.54. The molecular formula is C22H31N5O5. The third kappa shape index (κ3) is 5.89. The second-order valence-corrected chi connectivity index (χ2v) is 8.03. The summed E-state index contributed by atoms with van der Waals surface area (Å²) < 4.78 is 9.32. The molecule has 3 amide bonds. The number of alkyl carbamates (subject to hydrolysis) is 1. The molecule has 1 aromatic carbocycles. The van der Waals surface area contributed by atoms with Crippen LogP contribution in [-0.4, -0.2) is 75.3 Å². The van der Waals surface area contributed by atoms with Gasteiger partial charge in [-0.25, -0.2) is 9.59 Å². The van der Waals surface area contributed by atoms with Crippen LogP contribution in [0.3, 0.4) is 0 Å². The fourth-order valence-electron chi connectivity index (χ4n) is 4.14. The van der Waals surface area contributed by atoms with Gasteiger partial charge in [0.05, 0.1) is 20.1 Å². The van der Waals surface area contributed by atoms with Gasteiger partial charge in [0.15, 0.2) is 0 Å². The minimum atomic E-state index is -0.676. The summed E-state index contributed by atoms with van der Waals surface area (Å²) in [4.78, 5) is 39.5. The van der Waals surface area contributed by atoms with Crippen LogP contribution in [0.1, 0.15) is 31.2 Å². The summed E-state index contributed by atoms with van der Waals surface area (Å²) in [5.41, 5.74) is 1.58. The van der Waals surface area contributed by atoms with Crippen molar-refractivity contribution in [2.45, 2.75) is 31.7 Å². The number of esters is 1. The first-order valence-electron chi connectivity index (χ1n) is 10.8. The fourth-order valence-corrected chi connectivity index (χ4v) is 4.14. The maximum atomic E-state index is 12.6. The number of amides is 3. The van der Waals surface area contributed by atoms with Crippen LogP contribution >= 0.6 is 0 Å². The van der Waals surface area contributed by atoms with Gasteiger partial charge in [-0.2, -0.15) is 0 Å². The van der Waals surface area contributed by atoms with Crippen molar-refractivity contribution >= 4 is 29.6 Å². The minimum Gasteiger partial charge on any atom is -0.469 e. The van der Waals surface area contributed by atoms with Crippen LogP contribution in [0.15, 0.2) is 24.3 Å². The average molecular weight is 446 g/mol. The molecule has 1 aliphatic heterocycles. The molecule has 0 radical (unpaired) electrons. The Hall–Kier alpha value is -3.30. The summed E-state index contributed by atoms with van der Waals surface area (Å²) in [5.74, 6) is -0.232. The number of piperazine rings is 1. The van der Waals surface area contributed by atoms with Gasteiger partial charge < -0.3 is 24.6 Å². The number of urea groups is 1. The molecule has 3 rings (SSSR count). The number of nitrogens with zero attached hydrogens (tertiary/aromatic N) is 2. The Bertz CT molecular complexity index is 828. The van der Waals surface area contributed by atoms with E-state index >= 15 is 0 Å². The zero-order chi connectivity index (χ0) is 23.1. The monoisotopic (exact) mass is 445 g/mol. The molecule has 0 unspecified atom stereocenters. The molecule has 3 N–H and O–H groups in total. The molecule has 1 heterocycles. The summed E-state index contributed by atoms with van der Waals surface area (Å²) in [5, 5.41) is 13.4. The Balaban J connectivity index is 1.44. The number of nitrogens with one attached hydrogen (secondary N) is 3. The van der Waals surface area contributed by atoms with E-state index in [4.69, 9.17) is 10.1 Å². The van der Waals surface area contributed by atoms with Gasteiger partial charge in [-0.15, -0.1) is 0 Å². The van der Waals surface area contributed by atoms with Gasteiger partial charge in [-0.1, -0.05) is 0 Å². The lowest BCUT2D eigenvalue weighted by Gasteiger charge is -2.37. The Morgan fingerprint density at radius 2 is 1.56 bits per heavy atom. The minimum absolute atomic E-state index is 0.0227. The molecule has 2 aliphatic rings. The molecule has 1 saturated carbocycles. The van der Waals surface area contributed by atoms with E-state index in [0.717, 1.165) is 31.4 Å². The second-order valence-electron chi connectivity index (χ2n) is 8.03. The van der Waals surface area contributed by atoms with Crippen LogP contribution in [0.25, 0.3) is 0 Å². The molecule has 1 aromatic rings. The standard InChI is InChI=1S/C22H31N5O5/c1-31-20(28)16-3-7-17(8-4-16)24-21(29)27-13-11-26(12-14-27)18-9-5-15(6-10-18)19(23)25-22(30)32-2/h5-6,9-10,16-17H,3-4,7-8,11-14H2,1-2H3,(H,24,29)(H2,23,25,30). The highest BCUT2D eigenvalue weighted by Crippen LogP contribution is 2.25. The molecule has 10 nitrogen and oxygen atoms in total. The van der Waals surface area contributed by atoms with Crippen molar-refractivity contribution in [2.24, 2.45) is 5.92 Å². The topological polar surface area (TPSA) is 124 Å². The van der Waals surface area contributed by atoms with Crippen molar-refractivity contribution in [1.29, 1.82) is 5.41 Å². The Morgan fingerprint density at radius 3 is 2.12 bits per heavy atom. The lowest BCUT2D eigenvalue weighted by molar-refractivity contribution is -0.146. The number of methoxy groups -OCH3 is 2. The van der Waals surface area contributed by atoms with Crippen molar-refractivity contribution < 1.29 is 23.9 Å². The van der Waals surface area contributed by atoms with Gasteiger partial charge >= 0.3 is 18.1 Å². The largest absolute Gasteiger partial charge is 0.469 e. The Morgan fingerprint density at radius 1 is 0.938 bits per heavy atom. The highest BCUT2D eigenvalue weighted by Gasteiger charge is 2.29. The zero-order valence-corrected chi connectivity index (χ0v) is 18.6. The van der Waals surface area contributed by atoms with E-state index in [1.807, 2.05) is 17.0 Å². The first-order chi connectivity index (χ1) is 15.4. The number of hydrogen-bond donors (Lipinski definition) is 3. The zero-order valence-electron chi connectivity index (χ0n) is 18.6. The normalized spacial score (nSPS) is 20.8. The number of hydrogen-bond acceptors (Lipinski definition) is 7. The van der Waals surface area contributed by atoms with Gasteiger partial charge in [0.1, 0.15) is 5.84 Å². The molecule has 2 fully saturated rings. The smallest absolute Gasteiger partial charge is 0.412 e. The van der Waals surface area contributed by atoms with E-state index in [-0.39, 0.29) is 29.8 Å². The predicted molar refractivity (Wildman–Crippen MR) is 119 cm³/mol. The number of benzene rings is 1. The van der Waals surface area contributed by atoms with Crippen molar-refractivity contribution in [1.82, 2.24) is 15.5 Å². The van der Waals surface area contributed by atoms with E-state index < -0.39 is 6.09 Å². The predicted octanol–water partition coefficient (Wildman–Crippen LogP) is 1.93. The van der Waals surface area contributed by atoms with Crippen molar-refractivity contribution in [2.75, 3.05) is 45.3 Å². The average Bonchev–Trinajstić information content (AvgIpc) is 2.84. The molecule has 174 valence electrons. The maximum Gasteiger partial charge on any atom is 0.412 e. The molecule has 1 saturated heterocycles. The third-order valence-corrected chi connectivity index (χ3v) is 6.09. The summed E-state index contributed by atoms with van der Waals surface area (Å²) in [6, 6.07) is 7.40. The van der Waals surface area contributed by atoms with E-state index in [2.05, 4.69) is 20.3 Å². The number of ether oxygens (including phenoxy) is 2. The van der Waals surface area contributed by atoms with Crippen molar-refractivity contribution in [3.63, 3.8) is 0 Å². The number of carbonyl (C=O) groups is 3. The molecule has 1 aliphatic carbocycles. The van der Waals surface area contributed by atoms with Crippen molar-refractivity contribution in [3.8, 4) is 0 Å². The molecule has 10 heteroatoms. The van der Waals surface area contributed by atoms with Crippen LogP contribution in [0.2, 0.25) is 0 Å². The maximum absolute atomic E-state index is 12.6. The first kappa shape index (κ1) is 23.4. The molecule has 0 bridgehead atoms. The van der Waals surface area contributed by atoms with E-state index in [9.17, 15) is 14.4 Å². The summed E-state index contributed by atoms with van der Waals surface area (Å²) in [6.07, 6.45) is 2.39. The lowest BCUT2D eigenvalue weighted by atomic mass is 9.86. The Kier molecular flexibility index (Phi) is 7.91. The molecule has 0 atom stereocenters. The molecule has 32 heavy (non-hydrogen) atoms. The van der Waals surface area contributed by atoms with E-state index in [1.165, 1.54) is 14.2 Å². The van der Waals surface area contributed by atoms with E-state index in [1.54, 1.807) is 12.1 Å². The number of anilines is 1. The fraction of sp³-hybridized carbons (Fsp3) is 0.545. The van der Waals surface area contributed by atoms with Crippen LogP contribution in [0, 0.1) is 11.3 Å². The molecular weight excluding hydrogens is 414 g/mol. The van der Waals surface area contributed by atoms with Crippen LogP contribution in [0.5, 0.6) is 0 Å². The summed E-state index contributed by atoms with van der Waals surface area (Å²) >= 11 is 0. The van der Waals surface area contributed by atoms with Gasteiger partial charge in [0.2, 0.25) is 0 Å². The molecule has 0 aromatic heterocycles. The molecule has 0 spiro atoms. The SMILES string of the molecule is COC(=O)NC(=N)c1ccc(N2CCN(C(=O)NC3CCC(C(=O)OC)CC3)CC2)cc1. The van der Waals surface area contributed by atoms with Gasteiger partial charge in [0.25, 0.3) is 0 Å². The third-order valence-electron chi connectivity index (χ3n) is 6.09. The summed E-state index contributed by atoms with van der Waals surface area (Å²) in [6.45, 7) is 2.65. The van der Waals surface area contributed by atoms with Crippen LogP contribution in [-0.2, 0) is 14.3 Å². The second kappa shape index (κ2) is 10.8. The number of amidine groups is 1. The van der Waals surface area contributed by atoms with Crippen molar-refractivity contribution in [3.05, 3.63) is 29.8 Å². The number of carbonyl (C=O) groups excluding carboxylic acids is 3. The van der Waals surface area contributed by atoms with Gasteiger partial charge in [-0.3, -0.25) is 15.5 Å². The summed E-state index contributed by atoms with van der Waals surface area (Å²) in [7, 11) is 2.67. The quantitative estimate of drug-likeness (QED) is 0.370. The van der Waals surface area contributed by atoms with Crippen LogP contribution < -0.4 is 15.5 Å². The highest BCUT2D eigenvalue weighted by molar-refractivity contribution is 6.04. The van der Waals surface area contributed by atoms with E-state index in [0.29, 0.717) is 31.7 Å². The number of rotatable bonds is 4. The highest BCUT2D eigenvalue weighted by atomic mass is 16.5. The van der Waals surface area contributed by atoms with Crippen LogP contribution in [0.4, 0.5) is 15.3 Å². The Labute approximate surface area is 187 Å². The first-order valence-corrected chi connectivity index (χ1v) is 10.8. The van der Waals surface area contributed by atoms with Gasteiger partial charge in [-0.05, 0) is 49.9 Å².